The van der Waals surface area contributed by atoms with Crippen LogP contribution in [0.5, 0.6) is 0 Å². The summed E-state index contributed by atoms with van der Waals surface area (Å²) >= 11 is 5.33. The van der Waals surface area contributed by atoms with E-state index in [1.807, 2.05) is 47.4 Å². The molecule has 0 aliphatic carbocycles. The van der Waals surface area contributed by atoms with Crippen LogP contribution in [0.2, 0.25) is 0 Å². The maximum atomic E-state index is 12.8. The second-order valence-electron chi connectivity index (χ2n) is 6.97. The highest BCUT2D eigenvalue weighted by Crippen LogP contribution is 2.16. The minimum absolute atomic E-state index is 0.0873. The fourth-order valence-corrected chi connectivity index (χ4v) is 3.63. The third kappa shape index (κ3) is 4.50. The van der Waals surface area contributed by atoms with Gasteiger partial charge in [-0.25, -0.2) is 0 Å². The number of anilines is 1. The Morgan fingerprint density at radius 3 is 2.43 bits per heavy atom. The lowest BCUT2D eigenvalue weighted by Gasteiger charge is -2.26. The van der Waals surface area contributed by atoms with Crippen molar-refractivity contribution >= 4 is 29.7 Å². The number of hydrogen-bond donors (Lipinski definition) is 2. The van der Waals surface area contributed by atoms with E-state index in [2.05, 4.69) is 10.3 Å². The first-order chi connectivity index (χ1) is 14.6. The van der Waals surface area contributed by atoms with Gasteiger partial charge in [-0.15, -0.1) is 0 Å². The molecule has 0 saturated carbocycles. The fourth-order valence-electron chi connectivity index (χ4n) is 3.37. The van der Waals surface area contributed by atoms with Crippen molar-refractivity contribution in [2.45, 2.75) is 6.42 Å². The van der Waals surface area contributed by atoms with Crippen molar-refractivity contribution < 1.29 is 14.3 Å². The first kappa shape index (κ1) is 20.1. The zero-order valence-corrected chi connectivity index (χ0v) is 17.2. The molecule has 0 bridgehead atoms. The van der Waals surface area contributed by atoms with Gasteiger partial charge < -0.3 is 19.9 Å². The van der Waals surface area contributed by atoms with Crippen LogP contribution in [0.25, 0.3) is 5.69 Å². The average Bonchev–Trinajstić information content (AvgIpc) is 3.18. The highest BCUT2D eigenvalue weighted by molar-refractivity contribution is 7.71. The van der Waals surface area contributed by atoms with Gasteiger partial charge in [0.25, 0.3) is 5.91 Å². The number of aromatic nitrogens is 2. The molecule has 2 N–H and O–H groups in total. The molecule has 0 radical (unpaired) electrons. The van der Waals surface area contributed by atoms with E-state index in [-0.39, 0.29) is 11.8 Å². The van der Waals surface area contributed by atoms with Crippen molar-refractivity contribution in [1.82, 2.24) is 14.5 Å². The van der Waals surface area contributed by atoms with E-state index in [1.165, 1.54) is 0 Å². The molecule has 2 heterocycles. The Bertz CT molecular complexity index is 1080. The molecule has 2 aromatic carbocycles. The van der Waals surface area contributed by atoms with Crippen LogP contribution in [0.1, 0.15) is 16.1 Å². The Morgan fingerprint density at radius 2 is 1.73 bits per heavy atom. The minimum Gasteiger partial charge on any atom is -0.378 e. The number of hydrogen-bond acceptors (Lipinski definition) is 4. The van der Waals surface area contributed by atoms with Crippen LogP contribution in [0.3, 0.4) is 0 Å². The number of nitrogens with zero attached hydrogens (tertiary/aromatic N) is 2. The number of benzene rings is 2. The van der Waals surface area contributed by atoms with Crippen molar-refractivity contribution in [2.75, 3.05) is 31.6 Å². The van der Waals surface area contributed by atoms with E-state index in [9.17, 15) is 9.59 Å². The lowest BCUT2D eigenvalue weighted by atomic mass is 10.1. The number of aromatic amines is 1. The summed E-state index contributed by atoms with van der Waals surface area (Å²) in [6.07, 6.45) is 1.93. The van der Waals surface area contributed by atoms with Crippen molar-refractivity contribution in [3.05, 3.63) is 76.8 Å². The molecule has 8 heteroatoms. The molecule has 154 valence electrons. The molecule has 0 unspecified atom stereocenters. The minimum atomic E-state index is -0.275. The lowest BCUT2D eigenvalue weighted by molar-refractivity contribution is -0.134. The number of carbonyl (C=O) groups excluding carboxylic acids is 2. The number of rotatable bonds is 5. The third-order valence-electron chi connectivity index (χ3n) is 4.95. The Hall–Kier alpha value is -3.23. The summed E-state index contributed by atoms with van der Waals surface area (Å²) in [6.45, 7) is 2.45. The topological polar surface area (TPSA) is 79.4 Å². The van der Waals surface area contributed by atoms with E-state index in [1.54, 1.807) is 22.9 Å². The molecule has 0 atom stereocenters. The second kappa shape index (κ2) is 9.06. The van der Waals surface area contributed by atoms with Gasteiger partial charge in [0.05, 0.1) is 19.6 Å². The van der Waals surface area contributed by atoms with Gasteiger partial charge in [-0.05, 0) is 42.0 Å². The molecular weight excluding hydrogens is 400 g/mol. The van der Waals surface area contributed by atoms with E-state index in [0.29, 0.717) is 48.9 Å². The summed E-state index contributed by atoms with van der Waals surface area (Å²) in [7, 11) is 0. The zero-order chi connectivity index (χ0) is 20.9. The van der Waals surface area contributed by atoms with Gasteiger partial charge in [-0.3, -0.25) is 14.2 Å². The Balaban J connectivity index is 1.43. The molecule has 4 rings (SSSR count). The number of carbonyl (C=O) groups is 2. The maximum absolute atomic E-state index is 12.8. The van der Waals surface area contributed by atoms with Gasteiger partial charge >= 0.3 is 0 Å². The number of para-hydroxylation sites is 1. The molecule has 0 spiro atoms. The largest absolute Gasteiger partial charge is 0.378 e. The molecule has 7 nitrogen and oxygen atoms in total. The van der Waals surface area contributed by atoms with Crippen LogP contribution in [-0.4, -0.2) is 52.6 Å². The van der Waals surface area contributed by atoms with E-state index >= 15 is 0 Å². The number of ether oxygens (including phenoxy) is 1. The van der Waals surface area contributed by atoms with Gasteiger partial charge in [0, 0.05) is 30.7 Å². The smallest absolute Gasteiger partial charge is 0.274 e. The van der Waals surface area contributed by atoms with Gasteiger partial charge in [0.2, 0.25) is 5.91 Å². The monoisotopic (exact) mass is 422 g/mol. The van der Waals surface area contributed by atoms with Crippen LogP contribution in [0.4, 0.5) is 5.69 Å². The van der Waals surface area contributed by atoms with E-state index in [4.69, 9.17) is 17.0 Å². The SMILES string of the molecule is O=C(Nc1ccc(CC(=O)N2CCOCC2)cc1)c1c[nH]c(=S)n1-c1ccccc1. The predicted octanol–water partition coefficient (Wildman–Crippen LogP) is 3.19. The number of amides is 2. The van der Waals surface area contributed by atoms with Crippen LogP contribution in [-0.2, 0) is 16.0 Å². The van der Waals surface area contributed by atoms with Crippen molar-refractivity contribution in [3.63, 3.8) is 0 Å². The highest BCUT2D eigenvalue weighted by atomic mass is 32.1. The Kier molecular flexibility index (Phi) is 6.06. The summed E-state index contributed by atoms with van der Waals surface area (Å²) in [5.41, 5.74) is 2.77. The second-order valence-corrected chi connectivity index (χ2v) is 7.36. The lowest BCUT2D eigenvalue weighted by Crippen LogP contribution is -2.41. The van der Waals surface area contributed by atoms with E-state index in [0.717, 1.165) is 11.3 Å². The third-order valence-corrected chi connectivity index (χ3v) is 5.25. The zero-order valence-electron chi connectivity index (χ0n) is 16.3. The quantitative estimate of drug-likeness (QED) is 0.619. The van der Waals surface area contributed by atoms with Gasteiger partial charge in [0.15, 0.2) is 4.77 Å². The molecule has 1 aliphatic rings. The normalized spacial score (nSPS) is 13.8. The molecule has 1 fully saturated rings. The molecule has 1 saturated heterocycles. The first-order valence-electron chi connectivity index (χ1n) is 9.73. The standard InChI is InChI=1S/C22H22N4O3S/c27-20(25-10-12-29-13-11-25)14-16-6-8-17(9-7-16)24-21(28)19-15-23-22(30)26(19)18-4-2-1-3-5-18/h1-9,15H,10-14H2,(H,23,30)(H,24,28). The Morgan fingerprint density at radius 1 is 1.03 bits per heavy atom. The molecular formula is C22H22N4O3S. The average molecular weight is 423 g/mol. The summed E-state index contributed by atoms with van der Waals surface area (Å²) in [5, 5.41) is 2.89. The molecule has 30 heavy (non-hydrogen) atoms. The number of imidazole rings is 1. The molecule has 2 amide bonds. The van der Waals surface area contributed by atoms with E-state index < -0.39 is 0 Å². The van der Waals surface area contributed by atoms with Crippen LogP contribution in [0.15, 0.2) is 60.8 Å². The number of H-pyrrole nitrogens is 1. The number of morpholine rings is 1. The fraction of sp³-hybridized carbons (Fsp3) is 0.227. The van der Waals surface area contributed by atoms with Crippen molar-refractivity contribution in [2.24, 2.45) is 0 Å². The van der Waals surface area contributed by atoms with Crippen LogP contribution < -0.4 is 5.32 Å². The van der Waals surface area contributed by atoms with Crippen molar-refractivity contribution in [1.29, 1.82) is 0 Å². The highest BCUT2D eigenvalue weighted by Gasteiger charge is 2.17. The van der Waals surface area contributed by atoms with Gasteiger partial charge in [-0.1, -0.05) is 30.3 Å². The molecule has 3 aromatic rings. The van der Waals surface area contributed by atoms with Crippen molar-refractivity contribution in [3.8, 4) is 5.69 Å². The summed E-state index contributed by atoms with van der Waals surface area (Å²) in [5.74, 6) is -0.187. The number of nitrogens with one attached hydrogen (secondary N) is 2. The van der Waals surface area contributed by atoms with Gasteiger partial charge in [-0.2, -0.15) is 0 Å². The predicted molar refractivity (Wildman–Crippen MR) is 116 cm³/mol. The first-order valence-corrected chi connectivity index (χ1v) is 10.1. The summed E-state index contributed by atoms with van der Waals surface area (Å²) < 4.78 is 7.42. The Labute approximate surface area is 179 Å². The summed E-state index contributed by atoms with van der Waals surface area (Å²) in [4.78, 5) is 29.9. The molecule has 1 aliphatic heterocycles. The van der Waals surface area contributed by atoms with Gasteiger partial charge in [0.1, 0.15) is 5.69 Å². The van der Waals surface area contributed by atoms with Crippen LogP contribution in [0, 0.1) is 4.77 Å². The summed E-state index contributed by atoms with van der Waals surface area (Å²) in [6, 6.07) is 16.8. The molecule has 1 aromatic heterocycles. The maximum Gasteiger partial charge on any atom is 0.274 e. The van der Waals surface area contributed by atoms with Crippen LogP contribution >= 0.6 is 12.2 Å².